The molecule has 0 rings (SSSR count). The summed E-state index contributed by atoms with van der Waals surface area (Å²) in [6, 6.07) is 2.14. The summed E-state index contributed by atoms with van der Waals surface area (Å²) in [5.74, 6) is 0.246. The van der Waals surface area contributed by atoms with Gasteiger partial charge >= 0.3 is 5.97 Å². The lowest BCUT2D eigenvalue weighted by molar-refractivity contribution is -0.136. The molecule has 0 aromatic heterocycles. The Morgan fingerprint density at radius 3 is 2.65 bits per heavy atom. The van der Waals surface area contributed by atoms with Gasteiger partial charge < -0.3 is 4.74 Å². The van der Waals surface area contributed by atoms with Crippen LogP contribution in [0.15, 0.2) is 11.6 Å². The molecule has 17 heavy (non-hydrogen) atoms. The fourth-order valence-electron chi connectivity index (χ4n) is 1.49. The molecular weight excluding hydrogens is 216 g/mol. The van der Waals surface area contributed by atoms with Gasteiger partial charge in [0.15, 0.2) is 0 Å². The van der Waals surface area contributed by atoms with E-state index in [2.05, 4.69) is 29.6 Å². The molecule has 0 aliphatic rings. The van der Waals surface area contributed by atoms with Gasteiger partial charge in [0.1, 0.15) is 0 Å². The SMILES string of the molecule is COC(=O)C(C)=CCN(CCC#N)CC(C)C. The van der Waals surface area contributed by atoms with E-state index < -0.39 is 0 Å². The molecule has 4 nitrogen and oxygen atoms in total. The maximum absolute atomic E-state index is 11.2. The highest BCUT2D eigenvalue weighted by atomic mass is 16.5. The fourth-order valence-corrected chi connectivity index (χ4v) is 1.49. The van der Waals surface area contributed by atoms with Crippen LogP contribution < -0.4 is 0 Å². The summed E-state index contributed by atoms with van der Waals surface area (Å²) in [6.45, 7) is 8.35. The van der Waals surface area contributed by atoms with Crippen LogP contribution in [-0.4, -0.2) is 37.6 Å². The van der Waals surface area contributed by atoms with Gasteiger partial charge in [-0.3, -0.25) is 4.90 Å². The van der Waals surface area contributed by atoms with Crippen LogP contribution in [0.4, 0.5) is 0 Å². The van der Waals surface area contributed by atoms with E-state index in [1.165, 1.54) is 7.11 Å². The molecule has 4 heteroatoms. The van der Waals surface area contributed by atoms with E-state index in [9.17, 15) is 4.79 Å². The Morgan fingerprint density at radius 2 is 2.18 bits per heavy atom. The number of rotatable bonds is 7. The van der Waals surface area contributed by atoms with Gasteiger partial charge in [-0.05, 0) is 12.8 Å². The zero-order valence-electron chi connectivity index (χ0n) is 11.2. The number of carbonyl (C=O) groups is 1. The van der Waals surface area contributed by atoms with E-state index >= 15 is 0 Å². The topological polar surface area (TPSA) is 53.3 Å². The lowest BCUT2D eigenvalue weighted by Crippen LogP contribution is -2.29. The van der Waals surface area contributed by atoms with Crippen molar-refractivity contribution in [3.05, 3.63) is 11.6 Å². The number of carbonyl (C=O) groups excluding carboxylic acids is 1. The molecule has 0 amide bonds. The van der Waals surface area contributed by atoms with Crippen molar-refractivity contribution in [1.29, 1.82) is 5.26 Å². The maximum atomic E-state index is 11.2. The Labute approximate surface area is 104 Å². The Bertz CT molecular complexity index is 303. The van der Waals surface area contributed by atoms with Gasteiger partial charge in [0.25, 0.3) is 0 Å². The van der Waals surface area contributed by atoms with E-state index in [-0.39, 0.29) is 5.97 Å². The second-order valence-electron chi connectivity index (χ2n) is 4.44. The molecule has 0 aliphatic carbocycles. The molecule has 0 unspecified atom stereocenters. The van der Waals surface area contributed by atoms with Gasteiger partial charge in [-0.2, -0.15) is 5.26 Å². The molecule has 0 heterocycles. The molecule has 0 N–H and O–H groups in total. The first-order chi connectivity index (χ1) is 8.01. The Balaban J connectivity index is 4.32. The normalized spacial score (nSPS) is 11.7. The third-order valence-electron chi connectivity index (χ3n) is 2.33. The highest BCUT2D eigenvalue weighted by molar-refractivity contribution is 5.87. The number of ether oxygens (including phenoxy) is 1. The summed E-state index contributed by atoms with van der Waals surface area (Å²) in [5, 5.41) is 8.59. The van der Waals surface area contributed by atoms with Crippen molar-refractivity contribution >= 4 is 5.97 Å². The number of nitrogens with zero attached hydrogens (tertiary/aromatic N) is 2. The number of methoxy groups -OCH3 is 1. The van der Waals surface area contributed by atoms with Crippen molar-refractivity contribution in [3.63, 3.8) is 0 Å². The standard InChI is InChI=1S/C13H22N2O2/c1-11(2)10-15(8-5-7-14)9-6-12(3)13(16)17-4/h6,11H,5,8-10H2,1-4H3. The van der Waals surface area contributed by atoms with Crippen LogP contribution in [0, 0.1) is 17.2 Å². The van der Waals surface area contributed by atoms with Crippen molar-refractivity contribution in [2.24, 2.45) is 5.92 Å². The number of esters is 1. The van der Waals surface area contributed by atoms with Gasteiger partial charge in [-0.25, -0.2) is 4.79 Å². The van der Waals surface area contributed by atoms with Crippen LogP contribution in [0.5, 0.6) is 0 Å². The summed E-state index contributed by atoms with van der Waals surface area (Å²) in [5.41, 5.74) is 0.609. The second kappa shape index (κ2) is 8.77. The number of hydrogen-bond donors (Lipinski definition) is 0. The van der Waals surface area contributed by atoms with E-state index in [0.29, 0.717) is 24.5 Å². The van der Waals surface area contributed by atoms with Gasteiger partial charge in [-0.1, -0.05) is 19.9 Å². The fraction of sp³-hybridized carbons (Fsp3) is 0.692. The molecule has 0 aliphatic heterocycles. The van der Waals surface area contributed by atoms with Crippen molar-refractivity contribution < 1.29 is 9.53 Å². The van der Waals surface area contributed by atoms with Gasteiger partial charge in [-0.15, -0.1) is 0 Å². The summed E-state index contributed by atoms with van der Waals surface area (Å²) in [6.07, 6.45) is 2.36. The molecule has 96 valence electrons. The van der Waals surface area contributed by atoms with E-state index in [1.54, 1.807) is 6.92 Å². The average Bonchev–Trinajstić information content (AvgIpc) is 2.30. The number of nitriles is 1. The molecule has 0 radical (unpaired) electrons. The van der Waals surface area contributed by atoms with E-state index in [1.807, 2.05) is 6.08 Å². The van der Waals surface area contributed by atoms with Crippen molar-refractivity contribution in [2.75, 3.05) is 26.7 Å². The molecule has 0 saturated carbocycles. The smallest absolute Gasteiger partial charge is 0.333 e. The minimum Gasteiger partial charge on any atom is -0.466 e. The highest BCUT2D eigenvalue weighted by Gasteiger charge is 2.07. The highest BCUT2D eigenvalue weighted by Crippen LogP contribution is 2.02. The second-order valence-corrected chi connectivity index (χ2v) is 4.44. The average molecular weight is 238 g/mol. The first-order valence-corrected chi connectivity index (χ1v) is 5.85. The molecule has 0 aromatic carbocycles. The molecule has 0 aromatic rings. The van der Waals surface area contributed by atoms with Crippen LogP contribution in [0.2, 0.25) is 0 Å². The summed E-state index contributed by atoms with van der Waals surface area (Å²) < 4.78 is 4.63. The predicted octanol–water partition coefficient (Wildman–Crippen LogP) is 1.98. The van der Waals surface area contributed by atoms with Crippen molar-refractivity contribution in [1.82, 2.24) is 4.90 Å². The lowest BCUT2D eigenvalue weighted by atomic mass is 10.2. The third kappa shape index (κ3) is 7.53. The molecule has 0 bridgehead atoms. The lowest BCUT2D eigenvalue weighted by Gasteiger charge is -2.21. The molecule has 0 saturated heterocycles. The third-order valence-corrected chi connectivity index (χ3v) is 2.33. The maximum Gasteiger partial charge on any atom is 0.333 e. The van der Waals surface area contributed by atoms with Crippen molar-refractivity contribution in [2.45, 2.75) is 27.2 Å². The van der Waals surface area contributed by atoms with E-state index in [0.717, 1.165) is 13.1 Å². The largest absolute Gasteiger partial charge is 0.466 e. The summed E-state index contributed by atoms with van der Waals surface area (Å²) in [4.78, 5) is 13.4. The van der Waals surface area contributed by atoms with Gasteiger partial charge in [0.2, 0.25) is 0 Å². The summed E-state index contributed by atoms with van der Waals surface area (Å²) >= 11 is 0. The van der Waals surface area contributed by atoms with Crippen molar-refractivity contribution in [3.8, 4) is 6.07 Å². The monoisotopic (exact) mass is 238 g/mol. The summed E-state index contributed by atoms with van der Waals surface area (Å²) in [7, 11) is 1.38. The predicted molar refractivity (Wildman–Crippen MR) is 67.3 cm³/mol. The Kier molecular flexibility index (Phi) is 8.08. The van der Waals surface area contributed by atoms with Crippen LogP contribution in [-0.2, 0) is 9.53 Å². The van der Waals surface area contributed by atoms with Gasteiger partial charge in [0.05, 0.1) is 13.2 Å². The minimum absolute atomic E-state index is 0.296. The Hall–Kier alpha value is -1.34. The Morgan fingerprint density at radius 1 is 1.53 bits per heavy atom. The van der Waals surface area contributed by atoms with Gasteiger partial charge in [0, 0.05) is 31.6 Å². The zero-order chi connectivity index (χ0) is 13.3. The number of hydrogen-bond acceptors (Lipinski definition) is 4. The van der Waals surface area contributed by atoms with Crippen LogP contribution >= 0.6 is 0 Å². The minimum atomic E-state index is -0.296. The first-order valence-electron chi connectivity index (χ1n) is 5.85. The molecular formula is C13H22N2O2. The molecule has 0 fully saturated rings. The molecule has 0 spiro atoms. The molecule has 0 atom stereocenters. The quantitative estimate of drug-likeness (QED) is 0.502. The van der Waals surface area contributed by atoms with Crippen LogP contribution in [0.1, 0.15) is 27.2 Å². The van der Waals surface area contributed by atoms with E-state index in [4.69, 9.17) is 5.26 Å². The van der Waals surface area contributed by atoms with Crippen LogP contribution in [0.3, 0.4) is 0 Å². The van der Waals surface area contributed by atoms with Crippen LogP contribution in [0.25, 0.3) is 0 Å². The first kappa shape index (κ1) is 15.7. The zero-order valence-corrected chi connectivity index (χ0v) is 11.2.